The van der Waals surface area contributed by atoms with E-state index in [0.717, 1.165) is 5.69 Å². The lowest BCUT2D eigenvalue weighted by molar-refractivity contribution is -0.117. The molecule has 2 aromatic carbocycles. The second kappa shape index (κ2) is 6.27. The van der Waals surface area contributed by atoms with Gasteiger partial charge in [-0.1, -0.05) is 18.2 Å². The Balaban J connectivity index is 1.97. The third-order valence-electron chi connectivity index (χ3n) is 2.67. The molecule has 1 amide bonds. The lowest BCUT2D eigenvalue weighted by Gasteiger charge is -2.08. The minimum Gasteiger partial charge on any atom is -0.399 e. The van der Waals surface area contributed by atoms with Crippen molar-refractivity contribution in [2.45, 2.75) is 4.90 Å². The number of carbonyl (C=O) groups is 1. The Morgan fingerprint density at radius 1 is 1.00 bits per heavy atom. The van der Waals surface area contributed by atoms with Crippen molar-refractivity contribution in [3.05, 3.63) is 54.6 Å². The van der Waals surface area contributed by atoms with Crippen molar-refractivity contribution in [1.29, 1.82) is 0 Å². The van der Waals surface area contributed by atoms with Crippen LogP contribution in [-0.4, -0.2) is 20.9 Å². The quantitative estimate of drug-likeness (QED) is 0.720. The highest BCUT2D eigenvalue weighted by Gasteiger charge is 2.16. The van der Waals surface area contributed by atoms with E-state index >= 15 is 0 Å². The maximum Gasteiger partial charge on any atom is 0.264 e. The van der Waals surface area contributed by atoms with Crippen LogP contribution in [0, 0.1) is 0 Å². The number of sulfonamides is 1. The first-order chi connectivity index (χ1) is 9.97. The zero-order valence-corrected chi connectivity index (χ0v) is 11.9. The normalized spacial score (nSPS) is 10.9. The molecule has 0 radical (unpaired) electrons. The number of hydrogen-bond donors (Lipinski definition) is 3. The Morgan fingerprint density at radius 3 is 2.24 bits per heavy atom. The summed E-state index contributed by atoms with van der Waals surface area (Å²) >= 11 is 0. The maximum absolute atomic E-state index is 12.0. The second-order valence-corrected chi connectivity index (χ2v) is 6.00. The van der Waals surface area contributed by atoms with Crippen LogP contribution in [0.15, 0.2) is 59.5 Å². The summed E-state index contributed by atoms with van der Waals surface area (Å²) in [7, 11) is -3.88. The fraction of sp³-hybridized carbons (Fsp3) is 0.0714. The number of anilines is 2. The van der Waals surface area contributed by atoms with E-state index in [4.69, 9.17) is 5.73 Å². The first kappa shape index (κ1) is 14.9. The van der Waals surface area contributed by atoms with Crippen molar-refractivity contribution >= 4 is 27.3 Å². The first-order valence-corrected chi connectivity index (χ1v) is 7.66. The van der Waals surface area contributed by atoms with Crippen LogP contribution in [0.1, 0.15) is 0 Å². The number of nitrogens with two attached hydrogens (primary N) is 1. The Hall–Kier alpha value is -2.54. The van der Waals surface area contributed by atoms with Crippen LogP contribution in [0.3, 0.4) is 0 Å². The number of benzene rings is 2. The molecule has 7 heteroatoms. The van der Waals surface area contributed by atoms with Crippen molar-refractivity contribution in [1.82, 2.24) is 4.72 Å². The molecule has 2 rings (SSSR count). The topological polar surface area (TPSA) is 101 Å². The average molecular weight is 305 g/mol. The van der Waals surface area contributed by atoms with E-state index < -0.39 is 15.9 Å². The third kappa shape index (κ3) is 4.22. The summed E-state index contributed by atoms with van der Waals surface area (Å²) in [6.07, 6.45) is 0. The molecule has 0 heterocycles. The molecule has 0 spiro atoms. The largest absolute Gasteiger partial charge is 0.399 e. The molecule has 0 aliphatic carbocycles. The van der Waals surface area contributed by atoms with Crippen LogP contribution >= 0.6 is 0 Å². The summed E-state index contributed by atoms with van der Waals surface area (Å²) in [5.74, 6) is -0.643. The highest BCUT2D eigenvalue weighted by Crippen LogP contribution is 2.11. The van der Waals surface area contributed by atoms with E-state index in [0.29, 0.717) is 5.69 Å². The first-order valence-electron chi connectivity index (χ1n) is 6.17. The van der Waals surface area contributed by atoms with Gasteiger partial charge >= 0.3 is 0 Å². The molecule has 0 atom stereocenters. The molecule has 4 N–H and O–H groups in total. The number of nitrogen functional groups attached to an aromatic ring is 1. The summed E-state index contributed by atoms with van der Waals surface area (Å²) in [5, 5.41) is 2.83. The van der Waals surface area contributed by atoms with E-state index in [1.54, 1.807) is 12.1 Å². The van der Waals surface area contributed by atoms with Gasteiger partial charge in [-0.2, -0.15) is 0 Å². The van der Waals surface area contributed by atoms with E-state index in [1.165, 1.54) is 24.3 Å². The molecule has 0 aliphatic rings. The summed E-state index contributed by atoms with van der Waals surface area (Å²) in [6, 6.07) is 14.6. The molecule has 110 valence electrons. The number of carbonyl (C=O) groups excluding carboxylic acids is 1. The van der Waals surface area contributed by atoms with Gasteiger partial charge in [-0.15, -0.1) is 0 Å². The third-order valence-corrected chi connectivity index (χ3v) is 4.05. The van der Waals surface area contributed by atoms with Crippen molar-refractivity contribution in [2.24, 2.45) is 0 Å². The predicted octanol–water partition coefficient (Wildman–Crippen LogP) is 1.19. The maximum atomic E-state index is 12.0. The molecule has 0 saturated heterocycles. The van der Waals surface area contributed by atoms with E-state index in [2.05, 4.69) is 5.32 Å². The van der Waals surface area contributed by atoms with E-state index in [9.17, 15) is 13.2 Å². The van der Waals surface area contributed by atoms with Crippen molar-refractivity contribution in [3.63, 3.8) is 0 Å². The molecule has 21 heavy (non-hydrogen) atoms. The summed E-state index contributed by atoms with van der Waals surface area (Å²) in [5.41, 5.74) is 6.67. The molecular formula is C14H15N3O3S. The average Bonchev–Trinajstić information content (AvgIpc) is 2.46. The van der Waals surface area contributed by atoms with Gasteiger partial charge in [-0.05, 0) is 36.4 Å². The van der Waals surface area contributed by atoms with Crippen LogP contribution in [0.4, 0.5) is 11.4 Å². The molecule has 2 aromatic rings. The fourth-order valence-electron chi connectivity index (χ4n) is 1.63. The number of amides is 1. The van der Waals surface area contributed by atoms with Gasteiger partial charge < -0.3 is 11.1 Å². The predicted molar refractivity (Wildman–Crippen MR) is 81.1 cm³/mol. The Morgan fingerprint density at radius 2 is 1.62 bits per heavy atom. The van der Waals surface area contributed by atoms with Gasteiger partial charge in [-0.25, -0.2) is 13.1 Å². The Labute approximate surface area is 123 Å². The van der Waals surface area contributed by atoms with Gasteiger partial charge in [-0.3, -0.25) is 4.79 Å². The molecular weight excluding hydrogens is 290 g/mol. The monoisotopic (exact) mass is 305 g/mol. The fourth-order valence-corrected chi connectivity index (χ4v) is 2.61. The molecule has 6 nitrogen and oxygen atoms in total. The van der Waals surface area contributed by atoms with Crippen LogP contribution < -0.4 is 15.8 Å². The zero-order chi connectivity index (χ0) is 15.3. The number of hydrogen-bond acceptors (Lipinski definition) is 5. The van der Waals surface area contributed by atoms with Crippen LogP contribution in [0.25, 0.3) is 0 Å². The molecule has 0 bridgehead atoms. The highest BCUT2D eigenvalue weighted by atomic mass is 32.2. The minimum absolute atomic E-state index is 0.00948. The van der Waals surface area contributed by atoms with Crippen molar-refractivity contribution in [2.75, 3.05) is 17.6 Å². The summed E-state index contributed by atoms with van der Waals surface area (Å²) in [6.45, 7) is -0.141. The number of para-hydroxylation sites is 1. The Kier molecular flexibility index (Phi) is 4.44. The van der Waals surface area contributed by atoms with Gasteiger partial charge in [0.1, 0.15) is 0 Å². The summed E-state index contributed by atoms with van der Waals surface area (Å²) in [4.78, 5) is 11.7. The van der Waals surface area contributed by atoms with E-state index in [-0.39, 0.29) is 11.4 Å². The second-order valence-electron chi connectivity index (χ2n) is 4.32. The van der Waals surface area contributed by atoms with Crippen LogP contribution in [-0.2, 0) is 14.8 Å². The van der Waals surface area contributed by atoms with Crippen molar-refractivity contribution < 1.29 is 13.2 Å². The highest BCUT2D eigenvalue weighted by molar-refractivity contribution is 7.90. The van der Waals surface area contributed by atoms with Crippen molar-refractivity contribution in [3.8, 4) is 0 Å². The van der Waals surface area contributed by atoms with Gasteiger partial charge in [0.05, 0.1) is 11.4 Å². The lowest BCUT2D eigenvalue weighted by Crippen LogP contribution is -2.35. The van der Waals surface area contributed by atoms with Gasteiger partial charge in [0.15, 0.2) is 0 Å². The molecule has 0 aromatic heterocycles. The van der Waals surface area contributed by atoms with E-state index in [1.807, 2.05) is 22.9 Å². The lowest BCUT2D eigenvalue weighted by atomic mass is 10.3. The SMILES string of the molecule is Nc1ccc(S(=O)(=O)NC(=O)CNc2ccccc2)cc1. The molecule has 0 saturated carbocycles. The summed E-state index contributed by atoms with van der Waals surface area (Å²) < 4.78 is 25.9. The Bertz CT molecular complexity index is 713. The standard InChI is InChI=1S/C14H15N3O3S/c15-11-6-8-13(9-7-11)21(19,20)17-14(18)10-16-12-4-2-1-3-5-12/h1-9,16H,10,15H2,(H,17,18). The zero-order valence-electron chi connectivity index (χ0n) is 11.1. The van der Waals surface area contributed by atoms with Gasteiger partial charge in [0.2, 0.25) is 0 Å². The van der Waals surface area contributed by atoms with Gasteiger partial charge in [0, 0.05) is 11.4 Å². The van der Waals surface area contributed by atoms with Gasteiger partial charge in [0.25, 0.3) is 15.9 Å². The molecule has 0 aliphatic heterocycles. The van der Waals surface area contributed by atoms with Crippen LogP contribution in [0.2, 0.25) is 0 Å². The molecule has 0 unspecified atom stereocenters. The molecule has 0 fully saturated rings. The minimum atomic E-state index is -3.88. The van der Waals surface area contributed by atoms with Crippen LogP contribution in [0.5, 0.6) is 0 Å². The number of nitrogens with one attached hydrogen (secondary N) is 2. The smallest absolute Gasteiger partial charge is 0.264 e. The number of rotatable bonds is 5.